The van der Waals surface area contributed by atoms with E-state index >= 15 is 0 Å². The van der Waals surface area contributed by atoms with Crippen molar-refractivity contribution in [2.75, 3.05) is 13.6 Å². The van der Waals surface area contributed by atoms with E-state index in [1.54, 1.807) is 0 Å². The molecule has 22 heavy (non-hydrogen) atoms. The molecule has 0 spiro atoms. The molecule has 1 saturated carbocycles. The number of aliphatic imine (C=N–C) groups is 1. The number of fused-ring (bicyclic) bond motifs is 1. The maximum atomic E-state index is 4.61. The zero-order valence-corrected chi connectivity index (χ0v) is 13.6. The number of benzene rings is 1. The van der Waals surface area contributed by atoms with Crippen LogP contribution in [0.15, 0.2) is 29.3 Å². The monoisotopic (exact) mass is 299 g/mol. The van der Waals surface area contributed by atoms with Gasteiger partial charge in [0.15, 0.2) is 5.96 Å². The molecule has 2 N–H and O–H groups in total. The first kappa shape index (κ1) is 14.9. The fourth-order valence-electron chi connectivity index (χ4n) is 2.82. The van der Waals surface area contributed by atoms with E-state index < -0.39 is 0 Å². The number of aromatic nitrogens is 2. The summed E-state index contributed by atoms with van der Waals surface area (Å²) in [6, 6.07) is 8.92. The Morgan fingerprint density at radius 1 is 1.41 bits per heavy atom. The van der Waals surface area contributed by atoms with E-state index in [0.29, 0.717) is 6.04 Å². The van der Waals surface area contributed by atoms with E-state index in [4.69, 9.17) is 0 Å². The Bertz CT molecular complexity index is 673. The molecule has 2 unspecified atom stereocenters. The highest BCUT2D eigenvalue weighted by atomic mass is 15.2. The van der Waals surface area contributed by atoms with E-state index in [-0.39, 0.29) is 0 Å². The molecule has 2 aromatic rings. The molecule has 1 aliphatic carbocycles. The molecule has 0 bridgehead atoms. The molecule has 5 nitrogen and oxygen atoms in total. The minimum atomic E-state index is 0.603. The highest BCUT2D eigenvalue weighted by Gasteiger charge is 2.33. The van der Waals surface area contributed by atoms with Crippen LogP contribution < -0.4 is 10.6 Å². The van der Waals surface area contributed by atoms with Gasteiger partial charge in [0.1, 0.15) is 5.82 Å². The number of rotatable bonds is 5. The second-order valence-electron chi connectivity index (χ2n) is 6.12. The molecule has 2 atom stereocenters. The molecular formula is C17H25N5. The number of hydrogen-bond donors (Lipinski definition) is 2. The number of nitrogens with zero attached hydrogens (tertiary/aromatic N) is 3. The Kier molecular flexibility index (Phi) is 4.32. The molecule has 1 fully saturated rings. The maximum absolute atomic E-state index is 4.61. The summed E-state index contributed by atoms with van der Waals surface area (Å²) in [5, 5.41) is 6.84. The average molecular weight is 299 g/mol. The van der Waals surface area contributed by atoms with Crippen LogP contribution in [-0.2, 0) is 6.54 Å². The summed E-state index contributed by atoms with van der Waals surface area (Å²) in [6.45, 7) is 6.21. The number of nitrogens with one attached hydrogen (secondary N) is 2. The van der Waals surface area contributed by atoms with E-state index in [0.717, 1.165) is 42.7 Å². The van der Waals surface area contributed by atoms with Crippen LogP contribution in [-0.4, -0.2) is 35.1 Å². The highest BCUT2D eigenvalue weighted by molar-refractivity contribution is 5.80. The van der Waals surface area contributed by atoms with Gasteiger partial charge in [-0.25, -0.2) is 4.98 Å². The number of aryl methyl sites for hydroxylation is 2. The van der Waals surface area contributed by atoms with Crippen molar-refractivity contribution in [2.45, 2.75) is 39.3 Å². The smallest absolute Gasteiger partial charge is 0.191 e. The van der Waals surface area contributed by atoms with E-state index in [1.807, 2.05) is 13.1 Å². The molecule has 118 valence electrons. The summed E-state index contributed by atoms with van der Waals surface area (Å²) in [4.78, 5) is 8.89. The summed E-state index contributed by atoms with van der Waals surface area (Å²) in [5.41, 5.74) is 2.29. The van der Waals surface area contributed by atoms with Crippen LogP contribution in [0.25, 0.3) is 11.0 Å². The molecule has 0 radical (unpaired) electrons. The van der Waals surface area contributed by atoms with E-state index in [9.17, 15) is 0 Å². The molecule has 1 aromatic carbocycles. The minimum absolute atomic E-state index is 0.603. The SMILES string of the molecule is CN=C(NCCCn1c(C)nc2ccccc21)NC1CC1C. The van der Waals surface area contributed by atoms with Crippen molar-refractivity contribution in [3.63, 3.8) is 0 Å². The predicted octanol–water partition coefficient (Wildman–Crippen LogP) is 2.31. The number of para-hydroxylation sites is 2. The normalized spacial score (nSPS) is 21.1. The van der Waals surface area contributed by atoms with E-state index in [2.05, 4.69) is 57.2 Å². The van der Waals surface area contributed by atoms with Gasteiger partial charge in [-0.3, -0.25) is 4.99 Å². The van der Waals surface area contributed by atoms with Gasteiger partial charge in [0.25, 0.3) is 0 Å². The van der Waals surface area contributed by atoms with Crippen LogP contribution in [0.5, 0.6) is 0 Å². The summed E-state index contributed by atoms with van der Waals surface area (Å²) < 4.78 is 2.29. The largest absolute Gasteiger partial charge is 0.356 e. The molecular weight excluding hydrogens is 274 g/mol. The van der Waals surface area contributed by atoms with Crippen molar-refractivity contribution in [3.8, 4) is 0 Å². The third-order valence-corrected chi connectivity index (χ3v) is 4.35. The zero-order valence-electron chi connectivity index (χ0n) is 13.6. The first-order valence-electron chi connectivity index (χ1n) is 8.08. The summed E-state index contributed by atoms with van der Waals surface area (Å²) >= 11 is 0. The van der Waals surface area contributed by atoms with Crippen LogP contribution in [0.2, 0.25) is 0 Å². The number of hydrogen-bond acceptors (Lipinski definition) is 2. The maximum Gasteiger partial charge on any atom is 0.191 e. The molecule has 5 heteroatoms. The summed E-state index contributed by atoms with van der Waals surface area (Å²) in [7, 11) is 1.83. The molecule has 1 heterocycles. The van der Waals surface area contributed by atoms with E-state index in [1.165, 1.54) is 11.9 Å². The summed E-state index contributed by atoms with van der Waals surface area (Å²) in [6.07, 6.45) is 2.29. The van der Waals surface area contributed by atoms with Gasteiger partial charge < -0.3 is 15.2 Å². The summed E-state index contributed by atoms with van der Waals surface area (Å²) in [5.74, 6) is 2.77. The van der Waals surface area contributed by atoms with Gasteiger partial charge in [-0.1, -0.05) is 19.1 Å². The first-order chi connectivity index (χ1) is 10.7. The first-order valence-corrected chi connectivity index (χ1v) is 8.08. The topological polar surface area (TPSA) is 54.2 Å². The van der Waals surface area contributed by atoms with Gasteiger partial charge in [0, 0.05) is 26.2 Å². The lowest BCUT2D eigenvalue weighted by Crippen LogP contribution is -2.39. The lowest BCUT2D eigenvalue weighted by atomic mass is 10.3. The van der Waals surface area contributed by atoms with Crippen LogP contribution in [0.1, 0.15) is 25.6 Å². The molecule has 0 saturated heterocycles. The van der Waals surface area contributed by atoms with Crippen molar-refractivity contribution < 1.29 is 0 Å². The second kappa shape index (κ2) is 6.38. The lowest BCUT2D eigenvalue weighted by molar-refractivity contribution is 0.623. The van der Waals surface area contributed by atoms with Crippen molar-refractivity contribution in [1.82, 2.24) is 20.2 Å². The van der Waals surface area contributed by atoms with Crippen molar-refractivity contribution >= 4 is 17.0 Å². The van der Waals surface area contributed by atoms with Gasteiger partial charge in [-0.2, -0.15) is 0 Å². The van der Waals surface area contributed by atoms with Gasteiger partial charge >= 0.3 is 0 Å². The van der Waals surface area contributed by atoms with Crippen molar-refractivity contribution in [1.29, 1.82) is 0 Å². The highest BCUT2D eigenvalue weighted by Crippen LogP contribution is 2.28. The van der Waals surface area contributed by atoms with Crippen LogP contribution >= 0.6 is 0 Å². The van der Waals surface area contributed by atoms with Crippen LogP contribution in [0.3, 0.4) is 0 Å². The second-order valence-corrected chi connectivity index (χ2v) is 6.12. The Hall–Kier alpha value is -2.04. The third kappa shape index (κ3) is 3.24. The Morgan fingerprint density at radius 3 is 2.91 bits per heavy atom. The van der Waals surface area contributed by atoms with Crippen LogP contribution in [0.4, 0.5) is 0 Å². The Morgan fingerprint density at radius 2 is 2.18 bits per heavy atom. The predicted molar refractivity (Wildman–Crippen MR) is 91.2 cm³/mol. The number of imidazole rings is 1. The van der Waals surface area contributed by atoms with Gasteiger partial charge in [0.2, 0.25) is 0 Å². The quantitative estimate of drug-likeness (QED) is 0.506. The van der Waals surface area contributed by atoms with Crippen LogP contribution in [0, 0.1) is 12.8 Å². The Labute approximate surface area is 131 Å². The molecule has 1 aromatic heterocycles. The molecule has 3 rings (SSSR count). The van der Waals surface area contributed by atoms with Gasteiger partial charge in [-0.15, -0.1) is 0 Å². The fraction of sp³-hybridized carbons (Fsp3) is 0.529. The van der Waals surface area contributed by atoms with Crippen molar-refractivity contribution in [3.05, 3.63) is 30.1 Å². The fourth-order valence-corrected chi connectivity index (χ4v) is 2.82. The minimum Gasteiger partial charge on any atom is -0.356 e. The average Bonchev–Trinajstić information content (AvgIpc) is 3.11. The number of guanidine groups is 1. The Balaban J connectivity index is 1.51. The van der Waals surface area contributed by atoms with Gasteiger partial charge in [0.05, 0.1) is 11.0 Å². The molecule has 1 aliphatic rings. The standard InChI is InChI=1S/C17H25N5/c1-12-11-15(12)21-17(18-3)19-9-6-10-22-13(2)20-14-7-4-5-8-16(14)22/h4-5,7-8,12,15H,6,9-11H2,1-3H3,(H2,18,19,21). The lowest BCUT2D eigenvalue weighted by Gasteiger charge is -2.12. The third-order valence-electron chi connectivity index (χ3n) is 4.35. The van der Waals surface area contributed by atoms with Gasteiger partial charge in [-0.05, 0) is 37.8 Å². The molecule has 0 aliphatic heterocycles. The molecule has 0 amide bonds. The van der Waals surface area contributed by atoms with Crippen molar-refractivity contribution in [2.24, 2.45) is 10.9 Å². The zero-order chi connectivity index (χ0) is 15.5.